The first-order valence-corrected chi connectivity index (χ1v) is 7.01. The highest BCUT2D eigenvalue weighted by atomic mass is 15.2. The zero-order valence-electron chi connectivity index (χ0n) is 11.3. The van der Waals surface area contributed by atoms with Gasteiger partial charge in [0.1, 0.15) is 11.8 Å². The van der Waals surface area contributed by atoms with Gasteiger partial charge in [0.05, 0.1) is 0 Å². The quantitative estimate of drug-likeness (QED) is 0.873. The average Bonchev–Trinajstić information content (AvgIpc) is 2.85. The number of aromatic nitrogens is 2. The highest BCUT2D eigenvalue weighted by Gasteiger charge is 2.31. The summed E-state index contributed by atoms with van der Waals surface area (Å²) in [5.41, 5.74) is 1.28. The van der Waals surface area contributed by atoms with Crippen molar-refractivity contribution in [2.75, 3.05) is 18.4 Å². The Morgan fingerprint density at radius 3 is 3.11 bits per heavy atom. The second kappa shape index (κ2) is 5.14. The van der Waals surface area contributed by atoms with Crippen LogP contribution in [-0.2, 0) is 0 Å². The van der Waals surface area contributed by atoms with Crippen LogP contribution in [0, 0.1) is 18.3 Å². The Balaban J connectivity index is 1.68. The summed E-state index contributed by atoms with van der Waals surface area (Å²) in [5.74, 6) is 0.605. The van der Waals surface area contributed by atoms with Crippen LogP contribution in [0.25, 0.3) is 0 Å². The molecule has 1 aromatic heterocycles. The topological polar surface area (TPSA) is 64.8 Å². The minimum absolute atomic E-state index is 0.438. The van der Waals surface area contributed by atoms with E-state index in [2.05, 4.69) is 26.3 Å². The minimum atomic E-state index is 0.438. The van der Waals surface area contributed by atoms with E-state index in [4.69, 9.17) is 5.26 Å². The van der Waals surface area contributed by atoms with Crippen LogP contribution in [0.5, 0.6) is 0 Å². The van der Waals surface area contributed by atoms with Crippen LogP contribution in [-0.4, -0.2) is 40.0 Å². The van der Waals surface area contributed by atoms with Gasteiger partial charge in [-0.05, 0) is 45.2 Å². The third-order valence-corrected chi connectivity index (χ3v) is 4.12. The van der Waals surface area contributed by atoms with Crippen LogP contribution in [0.3, 0.4) is 0 Å². The Morgan fingerprint density at radius 2 is 2.26 bits per heavy atom. The molecule has 2 saturated heterocycles. The number of hydrogen-bond acceptors (Lipinski definition) is 5. The van der Waals surface area contributed by atoms with Crippen LogP contribution in [0.4, 0.5) is 5.95 Å². The summed E-state index contributed by atoms with van der Waals surface area (Å²) in [7, 11) is 0. The number of nitrogens with zero attached hydrogens (tertiary/aromatic N) is 4. The molecule has 0 saturated carbocycles. The fourth-order valence-electron chi connectivity index (χ4n) is 3.23. The van der Waals surface area contributed by atoms with Crippen molar-refractivity contribution in [3.63, 3.8) is 0 Å². The lowest BCUT2D eigenvalue weighted by Gasteiger charge is -2.35. The van der Waals surface area contributed by atoms with Gasteiger partial charge in [-0.25, -0.2) is 9.97 Å². The molecule has 100 valence electrons. The molecule has 2 atom stereocenters. The van der Waals surface area contributed by atoms with E-state index < -0.39 is 0 Å². The van der Waals surface area contributed by atoms with Crippen molar-refractivity contribution in [2.24, 2.45) is 0 Å². The summed E-state index contributed by atoms with van der Waals surface area (Å²) >= 11 is 0. The number of anilines is 1. The largest absolute Gasteiger partial charge is 0.351 e. The van der Waals surface area contributed by atoms with Gasteiger partial charge in [-0.1, -0.05) is 0 Å². The smallest absolute Gasteiger partial charge is 0.224 e. The van der Waals surface area contributed by atoms with Gasteiger partial charge in [0, 0.05) is 24.3 Å². The van der Waals surface area contributed by atoms with E-state index >= 15 is 0 Å². The number of hydrogen-bond donors (Lipinski definition) is 1. The fraction of sp³-hybridized carbons (Fsp3) is 0.643. The number of fused-ring (bicyclic) bond motifs is 1. The van der Waals surface area contributed by atoms with Crippen LogP contribution in [0.15, 0.2) is 6.07 Å². The van der Waals surface area contributed by atoms with Gasteiger partial charge >= 0.3 is 0 Å². The molecule has 1 aromatic rings. The Morgan fingerprint density at radius 1 is 1.37 bits per heavy atom. The van der Waals surface area contributed by atoms with Gasteiger partial charge in [-0.3, -0.25) is 0 Å². The molecule has 5 nitrogen and oxygen atoms in total. The molecule has 19 heavy (non-hydrogen) atoms. The Labute approximate surface area is 113 Å². The number of nitriles is 1. The molecule has 2 aliphatic rings. The predicted molar refractivity (Wildman–Crippen MR) is 72.7 cm³/mol. The molecule has 0 bridgehead atoms. The molecule has 3 rings (SSSR count). The zero-order valence-corrected chi connectivity index (χ0v) is 11.3. The number of piperidine rings is 1. The summed E-state index contributed by atoms with van der Waals surface area (Å²) in [4.78, 5) is 11.2. The molecule has 2 fully saturated rings. The SMILES string of the molecule is Cc1cc(C#N)nc(NC2CCN3CCCC3C2)n1. The molecule has 2 unspecified atom stereocenters. The van der Waals surface area contributed by atoms with Crippen molar-refractivity contribution in [1.29, 1.82) is 5.26 Å². The first-order valence-electron chi connectivity index (χ1n) is 7.01. The Bertz CT molecular complexity index is 507. The van der Waals surface area contributed by atoms with Gasteiger partial charge in [0.15, 0.2) is 0 Å². The standard InChI is InChI=1S/C14H19N5/c1-10-7-12(9-15)18-14(16-10)17-11-4-6-19-5-2-3-13(19)8-11/h7,11,13H,2-6,8H2,1H3,(H,16,17,18). The Hall–Kier alpha value is -1.67. The van der Waals surface area contributed by atoms with Gasteiger partial charge in [-0.15, -0.1) is 0 Å². The average molecular weight is 257 g/mol. The van der Waals surface area contributed by atoms with Crippen molar-refractivity contribution >= 4 is 5.95 Å². The summed E-state index contributed by atoms with van der Waals surface area (Å²) in [6.45, 7) is 4.32. The fourth-order valence-corrected chi connectivity index (χ4v) is 3.23. The van der Waals surface area contributed by atoms with E-state index in [-0.39, 0.29) is 0 Å². The van der Waals surface area contributed by atoms with E-state index in [9.17, 15) is 0 Å². The summed E-state index contributed by atoms with van der Waals surface area (Å²) in [5, 5.41) is 12.3. The number of nitrogens with one attached hydrogen (secondary N) is 1. The van der Waals surface area contributed by atoms with Gasteiger partial charge < -0.3 is 10.2 Å². The molecule has 0 spiro atoms. The van der Waals surface area contributed by atoms with Crippen molar-refractivity contribution in [1.82, 2.24) is 14.9 Å². The highest BCUT2D eigenvalue weighted by molar-refractivity contribution is 5.34. The maximum Gasteiger partial charge on any atom is 0.224 e. The van der Waals surface area contributed by atoms with Crippen molar-refractivity contribution < 1.29 is 0 Å². The molecule has 3 heterocycles. The maximum absolute atomic E-state index is 8.94. The van der Waals surface area contributed by atoms with E-state index in [0.29, 0.717) is 17.7 Å². The third kappa shape index (κ3) is 2.69. The lowest BCUT2D eigenvalue weighted by atomic mass is 9.98. The first kappa shape index (κ1) is 12.4. The summed E-state index contributed by atoms with van der Waals surface area (Å²) in [6.07, 6.45) is 4.95. The molecular weight excluding hydrogens is 238 g/mol. The zero-order chi connectivity index (χ0) is 13.2. The molecule has 5 heteroatoms. The van der Waals surface area contributed by atoms with Crippen LogP contribution in [0.1, 0.15) is 37.1 Å². The number of rotatable bonds is 2. The van der Waals surface area contributed by atoms with Gasteiger partial charge in [0.2, 0.25) is 5.95 Å². The second-order valence-electron chi connectivity index (χ2n) is 5.53. The Kier molecular flexibility index (Phi) is 3.34. The van der Waals surface area contributed by atoms with Crippen LogP contribution < -0.4 is 5.32 Å². The van der Waals surface area contributed by atoms with Crippen molar-refractivity contribution in [3.05, 3.63) is 17.5 Å². The van der Waals surface area contributed by atoms with E-state index in [0.717, 1.165) is 18.2 Å². The van der Waals surface area contributed by atoms with Crippen LogP contribution in [0.2, 0.25) is 0 Å². The molecule has 0 radical (unpaired) electrons. The molecule has 2 aliphatic heterocycles. The van der Waals surface area contributed by atoms with Gasteiger partial charge in [0.25, 0.3) is 0 Å². The van der Waals surface area contributed by atoms with Crippen LogP contribution >= 0.6 is 0 Å². The minimum Gasteiger partial charge on any atom is -0.351 e. The lowest BCUT2D eigenvalue weighted by Crippen LogP contribution is -2.43. The normalized spacial score (nSPS) is 26.7. The lowest BCUT2D eigenvalue weighted by molar-refractivity contribution is 0.188. The maximum atomic E-state index is 8.94. The van der Waals surface area contributed by atoms with E-state index in [1.165, 1.54) is 32.4 Å². The van der Waals surface area contributed by atoms with E-state index in [1.54, 1.807) is 6.07 Å². The third-order valence-electron chi connectivity index (χ3n) is 4.12. The molecule has 0 amide bonds. The summed E-state index contributed by atoms with van der Waals surface area (Å²) < 4.78 is 0. The molecule has 1 N–H and O–H groups in total. The number of aryl methyl sites for hydroxylation is 1. The first-order chi connectivity index (χ1) is 9.24. The van der Waals surface area contributed by atoms with Crippen molar-refractivity contribution in [2.45, 2.75) is 44.7 Å². The molecule has 0 aliphatic carbocycles. The monoisotopic (exact) mass is 257 g/mol. The van der Waals surface area contributed by atoms with E-state index in [1.807, 2.05) is 6.92 Å². The molecule has 0 aromatic carbocycles. The second-order valence-corrected chi connectivity index (χ2v) is 5.53. The van der Waals surface area contributed by atoms with Crippen molar-refractivity contribution in [3.8, 4) is 6.07 Å². The van der Waals surface area contributed by atoms with Gasteiger partial charge in [-0.2, -0.15) is 5.26 Å². The summed E-state index contributed by atoms with van der Waals surface area (Å²) in [6, 6.07) is 4.96. The molecular formula is C14H19N5. The highest BCUT2D eigenvalue weighted by Crippen LogP contribution is 2.28. The predicted octanol–water partition coefficient (Wildman–Crippen LogP) is 1.70.